The molecule has 0 aliphatic heterocycles. The molecule has 8 nitrogen and oxygen atoms in total. The summed E-state index contributed by atoms with van der Waals surface area (Å²) in [5, 5.41) is 15.6. The van der Waals surface area contributed by atoms with E-state index in [-0.39, 0.29) is 17.4 Å². The SMILES string of the molecule is Cc1ccc2cccc(Oc3ncnc(Nc4ccccc4Br)c3[N+](=O)[O-])c2n1. The Morgan fingerprint density at radius 3 is 2.69 bits per heavy atom. The molecule has 1 N–H and O–H groups in total. The Hall–Kier alpha value is -3.59. The van der Waals surface area contributed by atoms with E-state index in [0.717, 1.165) is 15.6 Å². The summed E-state index contributed by atoms with van der Waals surface area (Å²) in [6.07, 6.45) is 1.21. The Labute approximate surface area is 173 Å². The average Bonchev–Trinajstić information content (AvgIpc) is 2.70. The molecule has 4 rings (SSSR count). The summed E-state index contributed by atoms with van der Waals surface area (Å²) in [6, 6.07) is 16.4. The van der Waals surface area contributed by atoms with E-state index in [1.165, 1.54) is 6.33 Å². The van der Waals surface area contributed by atoms with Gasteiger partial charge in [0.2, 0.25) is 5.82 Å². The standard InChI is InChI=1S/C20H14BrN5O3/c1-12-9-10-13-5-4-8-16(17(13)24-12)29-20-18(26(27)28)19(22-11-23-20)25-15-7-3-2-6-14(15)21/h2-11H,1H3,(H,22,23,25). The highest BCUT2D eigenvalue weighted by Crippen LogP contribution is 2.38. The van der Waals surface area contributed by atoms with Gasteiger partial charge in [0.1, 0.15) is 11.8 Å². The van der Waals surface area contributed by atoms with Crippen molar-refractivity contribution in [1.82, 2.24) is 15.0 Å². The summed E-state index contributed by atoms with van der Waals surface area (Å²) < 4.78 is 6.58. The molecule has 0 bridgehead atoms. The fourth-order valence-corrected chi connectivity index (χ4v) is 3.17. The predicted molar refractivity (Wildman–Crippen MR) is 113 cm³/mol. The van der Waals surface area contributed by atoms with Gasteiger partial charge < -0.3 is 10.1 Å². The van der Waals surface area contributed by atoms with Crippen molar-refractivity contribution in [1.29, 1.82) is 0 Å². The van der Waals surface area contributed by atoms with Crippen LogP contribution < -0.4 is 10.1 Å². The van der Waals surface area contributed by atoms with E-state index in [0.29, 0.717) is 17.0 Å². The molecule has 0 unspecified atom stereocenters. The first-order valence-corrected chi connectivity index (χ1v) is 9.37. The summed E-state index contributed by atoms with van der Waals surface area (Å²) in [7, 11) is 0. The first-order valence-electron chi connectivity index (χ1n) is 8.58. The lowest BCUT2D eigenvalue weighted by Crippen LogP contribution is -2.04. The Morgan fingerprint density at radius 1 is 1.07 bits per heavy atom. The van der Waals surface area contributed by atoms with Crippen molar-refractivity contribution in [3.63, 3.8) is 0 Å². The number of benzene rings is 2. The molecule has 0 aliphatic rings. The topological polar surface area (TPSA) is 103 Å². The second kappa shape index (κ2) is 7.80. The lowest BCUT2D eigenvalue weighted by atomic mass is 10.2. The maximum atomic E-state index is 11.8. The van der Waals surface area contributed by atoms with Gasteiger partial charge in [-0.1, -0.05) is 30.3 Å². The van der Waals surface area contributed by atoms with E-state index >= 15 is 0 Å². The molecule has 2 heterocycles. The number of fused-ring (bicyclic) bond motifs is 1. The number of aryl methyl sites for hydroxylation is 1. The van der Waals surface area contributed by atoms with Crippen molar-refractivity contribution >= 4 is 44.0 Å². The Bertz CT molecular complexity index is 1230. The molecule has 0 radical (unpaired) electrons. The van der Waals surface area contributed by atoms with Crippen molar-refractivity contribution in [2.24, 2.45) is 0 Å². The number of ether oxygens (including phenoxy) is 1. The van der Waals surface area contributed by atoms with E-state index in [9.17, 15) is 10.1 Å². The Morgan fingerprint density at radius 2 is 1.90 bits per heavy atom. The van der Waals surface area contributed by atoms with E-state index in [1.54, 1.807) is 18.2 Å². The number of aromatic nitrogens is 3. The molecule has 29 heavy (non-hydrogen) atoms. The normalized spacial score (nSPS) is 10.7. The van der Waals surface area contributed by atoms with Crippen molar-refractivity contribution in [3.8, 4) is 11.6 Å². The molecule has 2 aromatic carbocycles. The molecule has 0 saturated heterocycles. The van der Waals surface area contributed by atoms with Crippen molar-refractivity contribution < 1.29 is 9.66 Å². The van der Waals surface area contributed by atoms with Gasteiger partial charge in [-0.05, 0) is 47.1 Å². The van der Waals surface area contributed by atoms with Crippen LogP contribution in [0.3, 0.4) is 0 Å². The number of pyridine rings is 1. The number of nitrogens with zero attached hydrogens (tertiary/aromatic N) is 4. The Kier molecular flexibility index (Phi) is 5.05. The molecule has 2 aromatic heterocycles. The van der Waals surface area contributed by atoms with Gasteiger partial charge in [-0.15, -0.1) is 0 Å². The molecule has 0 aliphatic carbocycles. The highest BCUT2D eigenvalue weighted by atomic mass is 79.9. The van der Waals surface area contributed by atoms with Gasteiger partial charge in [0, 0.05) is 15.6 Å². The molecule has 0 fully saturated rings. The minimum atomic E-state index is -0.571. The van der Waals surface area contributed by atoms with Crippen LogP contribution in [0.4, 0.5) is 17.2 Å². The fourth-order valence-electron chi connectivity index (χ4n) is 2.79. The van der Waals surface area contributed by atoms with Gasteiger partial charge in [0.15, 0.2) is 5.75 Å². The van der Waals surface area contributed by atoms with Crippen LogP contribution in [0, 0.1) is 17.0 Å². The first kappa shape index (κ1) is 18.8. The zero-order chi connectivity index (χ0) is 20.4. The minimum absolute atomic E-state index is 0.0243. The van der Waals surface area contributed by atoms with Gasteiger partial charge >= 0.3 is 11.6 Å². The van der Waals surface area contributed by atoms with E-state index in [4.69, 9.17) is 4.74 Å². The molecule has 9 heteroatoms. The van der Waals surface area contributed by atoms with E-state index in [1.807, 2.05) is 43.3 Å². The number of anilines is 2. The van der Waals surface area contributed by atoms with Crippen LogP contribution in [0.15, 0.2) is 65.4 Å². The number of hydrogen-bond donors (Lipinski definition) is 1. The van der Waals surface area contributed by atoms with Gasteiger partial charge in [-0.2, -0.15) is 4.98 Å². The molecular formula is C20H14BrN5O3. The van der Waals surface area contributed by atoms with Crippen molar-refractivity contribution in [2.75, 3.05) is 5.32 Å². The third-order valence-electron chi connectivity index (χ3n) is 4.13. The van der Waals surface area contributed by atoms with Crippen molar-refractivity contribution in [2.45, 2.75) is 6.92 Å². The fraction of sp³-hybridized carbons (Fsp3) is 0.0500. The second-order valence-corrected chi connectivity index (χ2v) is 6.97. The van der Waals surface area contributed by atoms with Crippen LogP contribution in [-0.4, -0.2) is 19.9 Å². The number of nitrogens with one attached hydrogen (secondary N) is 1. The number of rotatable bonds is 5. The summed E-state index contributed by atoms with van der Waals surface area (Å²) in [5.41, 5.74) is 1.67. The van der Waals surface area contributed by atoms with Gasteiger partial charge in [-0.3, -0.25) is 10.1 Å². The largest absolute Gasteiger partial charge is 0.431 e. The highest BCUT2D eigenvalue weighted by molar-refractivity contribution is 9.10. The molecular weight excluding hydrogens is 438 g/mol. The smallest absolute Gasteiger partial charge is 0.373 e. The molecule has 144 valence electrons. The lowest BCUT2D eigenvalue weighted by molar-refractivity contribution is -0.385. The average molecular weight is 452 g/mol. The second-order valence-electron chi connectivity index (χ2n) is 6.12. The first-order chi connectivity index (χ1) is 14.0. The molecule has 0 amide bonds. The van der Waals surface area contributed by atoms with Crippen LogP contribution in [0.2, 0.25) is 0 Å². The lowest BCUT2D eigenvalue weighted by Gasteiger charge is -2.11. The van der Waals surface area contributed by atoms with Crippen LogP contribution in [-0.2, 0) is 0 Å². The van der Waals surface area contributed by atoms with Gasteiger partial charge in [0.25, 0.3) is 0 Å². The maximum absolute atomic E-state index is 11.8. The number of para-hydroxylation sites is 2. The van der Waals surface area contributed by atoms with Crippen LogP contribution in [0.1, 0.15) is 5.69 Å². The molecule has 0 atom stereocenters. The zero-order valence-electron chi connectivity index (χ0n) is 15.2. The van der Waals surface area contributed by atoms with Gasteiger partial charge in [-0.25, -0.2) is 9.97 Å². The Balaban J connectivity index is 1.78. The molecule has 0 spiro atoms. The highest BCUT2D eigenvalue weighted by Gasteiger charge is 2.26. The zero-order valence-corrected chi connectivity index (χ0v) is 16.8. The summed E-state index contributed by atoms with van der Waals surface area (Å²) in [4.78, 5) is 23.8. The number of nitro groups is 1. The minimum Gasteiger partial charge on any atom is -0.431 e. The van der Waals surface area contributed by atoms with E-state index in [2.05, 4.69) is 36.2 Å². The quantitative estimate of drug-likeness (QED) is 0.313. The van der Waals surface area contributed by atoms with Gasteiger partial charge in [0.05, 0.1) is 10.6 Å². The van der Waals surface area contributed by atoms with Crippen LogP contribution in [0.25, 0.3) is 10.9 Å². The third kappa shape index (κ3) is 3.85. The number of halogens is 1. The monoisotopic (exact) mass is 451 g/mol. The number of hydrogen-bond acceptors (Lipinski definition) is 7. The van der Waals surface area contributed by atoms with Crippen LogP contribution in [0.5, 0.6) is 11.6 Å². The van der Waals surface area contributed by atoms with E-state index < -0.39 is 4.92 Å². The third-order valence-corrected chi connectivity index (χ3v) is 4.82. The predicted octanol–water partition coefficient (Wildman–Crippen LogP) is 5.54. The molecule has 4 aromatic rings. The summed E-state index contributed by atoms with van der Waals surface area (Å²) >= 11 is 3.41. The summed E-state index contributed by atoms with van der Waals surface area (Å²) in [5.74, 6) is 0.228. The maximum Gasteiger partial charge on any atom is 0.373 e. The van der Waals surface area contributed by atoms with Crippen molar-refractivity contribution in [3.05, 3.63) is 81.2 Å². The molecule has 0 saturated carbocycles. The van der Waals surface area contributed by atoms with Crippen LogP contribution >= 0.6 is 15.9 Å². The summed E-state index contributed by atoms with van der Waals surface area (Å²) in [6.45, 7) is 1.86.